The van der Waals surface area contributed by atoms with Crippen LogP contribution in [0.5, 0.6) is 0 Å². The minimum atomic E-state index is -0.473. The van der Waals surface area contributed by atoms with Crippen molar-refractivity contribution in [1.82, 2.24) is 4.90 Å². The van der Waals surface area contributed by atoms with Crippen LogP contribution < -0.4 is 0 Å². The molecule has 0 bridgehead atoms. The Morgan fingerprint density at radius 2 is 1.88 bits per heavy atom. The van der Waals surface area contributed by atoms with Crippen molar-refractivity contribution in [2.45, 2.75) is 6.54 Å². The zero-order chi connectivity index (χ0) is 23.0. The normalized spacial score (nSPS) is 16.6. The molecule has 0 spiro atoms. The summed E-state index contributed by atoms with van der Waals surface area (Å²) in [7, 11) is 0. The van der Waals surface area contributed by atoms with E-state index in [4.69, 9.17) is 4.42 Å². The minimum Gasteiger partial charge on any atom is -0.467 e. The third-order valence-corrected chi connectivity index (χ3v) is 5.54. The van der Waals surface area contributed by atoms with Gasteiger partial charge in [-0.2, -0.15) is 5.10 Å². The summed E-state index contributed by atoms with van der Waals surface area (Å²) < 4.78 is 5.38. The Labute approximate surface area is 193 Å². The van der Waals surface area contributed by atoms with Crippen LogP contribution in [0.3, 0.4) is 0 Å². The van der Waals surface area contributed by atoms with Crippen LogP contribution in [-0.2, 0) is 11.3 Å². The van der Waals surface area contributed by atoms with Crippen molar-refractivity contribution >= 4 is 46.9 Å². The highest BCUT2D eigenvalue weighted by Crippen LogP contribution is 2.34. The second-order valence-electron chi connectivity index (χ2n) is 6.85. The summed E-state index contributed by atoms with van der Waals surface area (Å²) in [5, 5.41) is 19.7. The highest BCUT2D eigenvalue weighted by atomic mass is 32.2. The molecule has 1 aliphatic rings. The summed E-state index contributed by atoms with van der Waals surface area (Å²) in [5.74, 6) is 0.317. The number of nitro benzene ring substituents is 1. The fourth-order valence-electron chi connectivity index (χ4n) is 3.00. The molecular formula is C24H18N4O4S. The van der Waals surface area contributed by atoms with E-state index < -0.39 is 4.92 Å². The number of rotatable bonds is 7. The second-order valence-corrected chi connectivity index (χ2v) is 7.86. The van der Waals surface area contributed by atoms with Crippen LogP contribution in [0.2, 0.25) is 0 Å². The molecule has 0 radical (unpaired) electrons. The van der Waals surface area contributed by atoms with E-state index in [2.05, 4.69) is 10.2 Å². The van der Waals surface area contributed by atoms with E-state index in [1.165, 1.54) is 23.3 Å². The summed E-state index contributed by atoms with van der Waals surface area (Å²) in [6, 6.07) is 19.4. The number of carbonyl (C=O) groups excluding carboxylic acids is 1. The van der Waals surface area contributed by atoms with Gasteiger partial charge in [0.25, 0.3) is 11.6 Å². The van der Waals surface area contributed by atoms with Crippen LogP contribution in [0.15, 0.2) is 98.6 Å². The first-order chi connectivity index (χ1) is 16.1. The highest BCUT2D eigenvalue weighted by Gasteiger charge is 2.34. The monoisotopic (exact) mass is 458 g/mol. The van der Waals surface area contributed by atoms with E-state index in [-0.39, 0.29) is 18.1 Å². The number of hydrogen-bond acceptors (Lipinski definition) is 7. The molecule has 9 heteroatoms. The zero-order valence-corrected chi connectivity index (χ0v) is 18.1. The van der Waals surface area contributed by atoms with Gasteiger partial charge in [-0.15, -0.1) is 5.10 Å². The quantitative estimate of drug-likeness (QED) is 0.205. The lowest BCUT2D eigenvalue weighted by molar-refractivity contribution is -0.384. The molecule has 0 atom stereocenters. The van der Waals surface area contributed by atoms with Crippen molar-refractivity contribution in [2.24, 2.45) is 10.2 Å². The van der Waals surface area contributed by atoms with Crippen LogP contribution in [0.1, 0.15) is 16.9 Å². The van der Waals surface area contributed by atoms with Gasteiger partial charge in [-0.3, -0.25) is 19.8 Å². The van der Waals surface area contributed by atoms with Crippen LogP contribution in [0.25, 0.3) is 12.2 Å². The maximum absolute atomic E-state index is 13.1. The molecule has 0 aliphatic carbocycles. The molecule has 3 aromatic rings. The molecule has 0 saturated carbocycles. The van der Waals surface area contributed by atoms with Crippen LogP contribution in [-0.4, -0.2) is 27.1 Å². The molecule has 0 unspecified atom stereocenters. The van der Waals surface area contributed by atoms with Crippen molar-refractivity contribution in [1.29, 1.82) is 0 Å². The molecule has 1 aromatic heterocycles. The Bertz CT molecular complexity index is 1260. The topological polar surface area (TPSA) is 101 Å². The molecule has 2 heterocycles. The van der Waals surface area contributed by atoms with Gasteiger partial charge in [0, 0.05) is 18.3 Å². The van der Waals surface area contributed by atoms with Gasteiger partial charge in [0.2, 0.25) is 0 Å². The molecule has 1 saturated heterocycles. The van der Waals surface area contributed by atoms with Crippen LogP contribution >= 0.6 is 11.8 Å². The van der Waals surface area contributed by atoms with Gasteiger partial charge in [-0.05, 0) is 47.2 Å². The number of thioether (sulfide) groups is 1. The molecular weight excluding hydrogens is 440 g/mol. The molecule has 164 valence electrons. The van der Waals surface area contributed by atoms with Crippen molar-refractivity contribution in [3.63, 3.8) is 0 Å². The summed E-state index contributed by atoms with van der Waals surface area (Å²) in [5.41, 5.74) is 1.54. The van der Waals surface area contributed by atoms with Crippen molar-refractivity contribution in [3.8, 4) is 0 Å². The number of amidine groups is 1. The fraction of sp³-hybridized carbons (Fsp3) is 0.0417. The Morgan fingerprint density at radius 3 is 2.64 bits per heavy atom. The number of hydrogen-bond donors (Lipinski definition) is 0. The molecule has 1 aliphatic heterocycles. The smallest absolute Gasteiger partial charge is 0.270 e. The molecule has 8 nitrogen and oxygen atoms in total. The minimum absolute atomic E-state index is 0.0454. The number of allylic oxidation sites excluding steroid dienone is 1. The Morgan fingerprint density at radius 1 is 1.06 bits per heavy atom. The Kier molecular flexibility index (Phi) is 6.91. The number of carbonyl (C=O) groups is 1. The maximum Gasteiger partial charge on any atom is 0.270 e. The first-order valence-electron chi connectivity index (χ1n) is 9.91. The van der Waals surface area contributed by atoms with Gasteiger partial charge >= 0.3 is 0 Å². The number of furan rings is 1. The number of non-ortho nitro benzene ring substituents is 1. The number of amides is 1. The molecule has 4 rings (SSSR count). The van der Waals surface area contributed by atoms with E-state index >= 15 is 0 Å². The predicted molar refractivity (Wildman–Crippen MR) is 129 cm³/mol. The first-order valence-corrected chi connectivity index (χ1v) is 10.7. The highest BCUT2D eigenvalue weighted by molar-refractivity contribution is 8.18. The van der Waals surface area contributed by atoms with E-state index in [9.17, 15) is 14.9 Å². The van der Waals surface area contributed by atoms with Gasteiger partial charge in [-0.25, -0.2) is 0 Å². The lowest BCUT2D eigenvalue weighted by Crippen LogP contribution is -2.28. The third kappa shape index (κ3) is 5.72. The van der Waals surface area contributed by atoms with Crippen LogP contribution in [0.4, 0.5) is 5.69 Å². The van der Waals surface area contributed by atoms with E-state index in [0.29, 0.717) is 21.4 Å². The van der Waals surface area contributed by atoms with Gasteiger partial charge in [0.05, 0.1) is 22.6 Å². The summed E-state index contributed by atoms with van der Waals surface area (Å²) in [6.45, 7) is 0.194. The Balaban J connectivity index is 1.57. The van der Waals surface area contributed by atoms with Crippen molar-refractivity contribution in [3.05, 3.63) is 111 Å². The van der Waals surface area contributed by atoms with Gasteiger partial charge in [0.15, 0.2) is 5.17 Å². The van der Waals surface area contributed by atoms with Gasteiger partial charge < -0.3 is 4.42 Å². The summed E-state index contributed by atoms with van der Waals surface area (Å²) in [6.07, 6.45) is 8.34. The number of nitrogens with zero attached hydrogens (tertiary/aromatic N) is 4. The average Bonchev–Trinajstić information content (AvgIpc) is 3.44. The summed E-state index contributed by atoms with van der Waals surface area (Å²) in [4.78, 5) is 25.5. The molecule has 1 amide bonds. The van der Waals surface area contributed by atoms with Crippen molar-refractivity contribution < 1.29 is 14.1 Å². The SMILES string of the molecule is O=C1/C(=C/c2cccc([N+](=O)[O-])c2)S/C(=N/N=C\C=C\c2ccccc2)N1Cc1ccco1. The van der Waals surface area contributed by atoms with Crippen LogP contribution in [0, 0.1) is 10.1 Å². The molecule has 0 N–H and O–H groups in total. The summed E-state index contributed by atoms with van der Waals surface area (Å²) >= 11 is 1.15. The largest absolute Gasteiger partial charge is 0.467 e. The predicted octanol–water partition coefficient (Wildman–Crippen LogP) is 5.36. The molecule has 2 aromatic carbocycles. The first kappa shape index (κ1) is 22.0. The van der Waals surface area contributed by atoms with E-state index in [1.54, 1.807) is 42.6 Å². The Hall–Kier alpha value is -4.24. The van der Waals surface area contributed by atoms with E-state index in [0.717, 1.165) is 17.3 Å². The second kappa shape index (κ2) is 10.4. The molecule has 1 fully saturated rings. The third-order valence-electron chi connectivity index (χ3n) is 4.55. The fourth-order valence-corrected chi connectivity index (χ4v) is 3.93. The number of nitro groups is 1. The molecule has 33 heavy (non-hydrogen) atoms. The average molecular weight is 458 g/mol. The number of benzene rings is 2. The standard InChI is InChI=1S/C24H18N4O4S/c29-23-22(16-19-9-4-11-20(15-19)28(30)31)33-24(27(23)17-21-12-6-14-32-21)26-25-13-5-10-18-7-2-1-3-8-18/h1-16H,17H2/b10-5+,22-16-,25-13-,26-24+. The van der Waals surface area contributed by atoms with Gasteiger partial charge in [-0.1, -0.05) is 48.5 Å². The van der Waals surface area contributed by atoms with E-state index in [1.807, 2.05) is 36.4 Å². The van der Waals surface area contributed by atoms with Gasteiger partial charge in [0.1, 0.15) is 5.76 Å². The maximum atomic E-state index is 13.1. The lowest BCUT2D eigenvalue weighted by Gasteiger charge is -2.12. The zero-order valence-electron chi connectivity index (χ0n) is 17.3. The lowest BCUT2D eigenvalue weighted by atomic mass is 10.2. The van der Waals surface area contributed by atoms with Crippen molar-refractivity contribution in [2.75, 3.05) is 0 Å².